The summed E-state index contributed by atoms with van der Waals surface area (Å²) in [5, 5.41) is 4.05. The molecule has 3 aromatic rings. The van der Waals surface area contributed by atoms with Gasteiger partial charge in [-0.15, -0.1) is 11.3 Å². The highest BCUT2D eigenvalue weighted by atomic mass is 32.1. The minimum Gasteiger partial charge on any atom is -0.464 e. The number of anilines is 1. The Bertz CT molecular complexity index is 956. The largest absolute Gasteiger partial charge is 0.464 e. The third-order valence-corrected chi connectivity index (χ3v) is 4.82. The second-order valence-electron chi connectivity index (χ2n) is 5.93. The molecule has 130 valence electrons. The molecule has 1 aromatic carbocycles. The Kier molecular flexibility index (Phi) is 4.59. The first kappa shape index (κ1) is 17.2. The van der Waals surface area contributed by atoms with Crippen molar-refractivity contribution in [2.24, 2.45) is 0 Å². The summed E-state index contributed by atoms with van der Waals surface area (Å²) in [6.45, 7) is 5.91. The van der Waals surface area contributed by atoms with Crippen LogP contribution in [0.4, 0.5) is 5.13 Å². The van der Waals surface area contributed by atoms with Gasteiger partial charge in [0.05, 0.1) is 12.7 Å². The van der Waals surface area contributed by atoms with Gasteiger partial charge in [0.15, 0.2) is 10.8 Å². The van der Waals surface area contributed by atoms with E-state index < -0.39 is 5.97 Å². The van der Waals surface area contributed by atoms with Crippen molar-refractivity contribution in [3.05, 3.63) is 46.6 Å². The number of aryl methyl sites for hydroxylation is 1. The Morgan fingerprint density at radius 3 is 2.68 bits per heavy atom. The number of carbonyl (C=O) groups excluding carboxylic acids is 2. The van der Waals surface area contributed by atoms with Gasteiger partial charge >= 0.3 is 5.97 Å². The highest BCUT2D eigenvalue weighted by Gasteiger charge is 2.20. The minimum absolute atomic E-state index is 0.229. The van der Waals surface area contributed by atoms with E-state index >= 15 is 0 Å². The van der Waals surface area contributed by atoms with Crippen LogP contribution in [0, 0.1) is 6.92 Å². The first-order chi connectivity index (χ1) is 11.9. The number of rotatable bonds is 4. The molecule has 0 aliphatic rings. The van der Waals surface area contributed by atoms with Gasteiger partial charge in [0.25, 0.3) is 5.91 Å². The fourth-order valence-corrected chi connectivity index (χ4v) is 3.51. The van der Waals surface area contributed by atoms with Crippen molar-refractivity contribution >= 4 is 39.2 Å². The van der Waals surface area contributed by atoms with Gasteiger partial charge in [0, 0.05) is 28.0 Å². The van der Waals surface area contributed by atoms with Crippen LogP contribution < -0.4 is 5.32 Å². The van der Waals surface area contributed by atoms with Gasteiger partial charge in [-0.1, -0.05) is 18.2 Å². The first-order valence-electron chi connectivity index (χ1n) is 7.89. The molecule has 0 spiro atoms. The summed E-state index contributed by atoms with van der Waals surface area (Å²) in [5.41, 5.74) is 1.82. The molecule has 0 bridgehead atoms. The molecular weight excluding hydrogens is 338 g/mol. The minimum atomic E-state index is -0.509. The average molecular weight is 357 g/mol. The fraction of sp³-hybridized carbons (Fsp3) is 0.278. The normalized spacial score (nSPS) is 11.1. The SMILES string of the molecule is COC(=O)c1nc(NC(=O)c2cn(C(C)C)c3ccccc23)sc1C. The first-order valence-corrected chi connectivity index (χ1v) is 8.70. The molecule has 0 saturated carbocycles. The Hall–Kier alpha value is -2.67. The molecule has 0 radical (unpaired) electrons. The monoisotopic (exact) mass is 357 g/mol. The molecule has 1 N–H and O–H groups in total. The van der Waals surface area contributed by atoms with Crippen molar-refractivity contribution < 1.29 is 14.3 Å². The maximum atomic E-state index is 12.7. The predicted octanol–water partition coefficient (Wildman–Crippen LogP) is 4.03. The maximum Gasteiger partial charge on any atom is 0.357 e. The van der Waals surface area contributed by atoms with E-state index in [2.05, 4.69) is 28.7 Å². The maximum absolute atomic E-state index is 12.7. The fourth-order valence-electron chi connectivity index (χ4n) is 2.71. The van der Waals surface area contributed by atoms with E-state index in [1.807, 2.05) is 30.5 Å². The van der Waals surface area contributed by atoms with Crippen LogP contribution >= 0.6 is 11.3 Å². The van der Waals surface area contributed by atoms with Crippen LogP contribution in [0.5, 0.6) is 0 Å². The molecule has 2 aromatic heterocycles. The molecule has 25 heavy (non-hydrogen) atoms. The van der Waals surface area contributed by atoms with Crippen LogP contribution in [0.2, 0.25) is 0 Å². The lowest BCUT2D eigenvalue weighted by molar-refractivity contribution is 0.0594. The van der Waals surface area contributed by atoms with E-state index in [1.54, 1.807) is 6.92 Å². The summed E-state index contributed by atoms with van der Waals surface area (Å²) >= 11 is 1.25. The molecule has 7 heteroatoms. The molecule has 0 saturated heterocycles. The van der Waals surface area contributed by atoms with E-state index in [0.29, 0.717) is 15.6 Å². The van der Waals surface area contributed by atoms with Gasteiger partial charge in [-0.3, -0.25) is 10.1 Å². The van der Waals surface area contributed by atoms with Gasteiger partial charge in [0.2, 0.25) is 0 Å². The quantitative estimate of drug-likeness (QED) is 0.716. The number of carbonyl (C=O) groups is 2. The smallest absolute Gasteiger partial charge is 0.357 e. The molecule has 1 amide bonds. The third-order valence-electron chi connectivity index (χ3n) is 3.94. The number of fused-ring (bicyclic) bond motifs is 1. The number of methoxy groups -OCH3 is 1. The van der Waals surface area contributed by atoms with E-state index in [-0.39, 0.29) is 17.6 Å². The summed E-state index contributed by atoms with van der Waals surface area (Å²) in [5.74, 6) is -0.758. The second-order valence-corrected chi connectivity index (χ2v) is 7.13. The van der Waals surface area contributed by atoms with Crippen LogP contribution in [-0.2, 0) is 4.74 Å². The number of aromatic nitrogens is 2. The van der Waals surface area contributed by atoms with Crippen LogP contribution in [0.15, 0.2) is 30.5 Å². The molecule has 0 atom stereocenters. The molecule has 0 aliphatic heterocycles. The number of nitrogens with one attached hydrogen (secondary N) is 1. The summed E-state index contributed by atoms with van der Waals surface area (Å²) in [7, 11) is 1.31. The van der Waals surface area contributed by atoms with Crippen molar-refractivity contribution in [2.45, 2.75) is 26.8 Å². The number of hydrogen-bond acceptors (Lipinski definition) is 5. The number of benzene rings is 1. The van der Waals surface area contributed by atoms with Crippen LogP contribution in [0.1, 0.15) is 45.6 Å². The zero-order valence-corrected chi connectivity index (χ0v) is 15.3. The van der Waals surface area contributed by atoms with Crippen LogP contribution in [-0.4, -0.2) is 28.5 Å². The van der Waals surface area contributed by atoms with E-state index in [9.17, 15) is 9.59 Å². The van der Waals surface area contributed by atoms with Crippen molar-refractivity contribution in [2.75, 3.05) is 12.4 Å². The van der Waals surface area contributed by atoms with Gasteiger partial charge < -0.3 is 9.30 Å². The molecule has 0 unspecified atom stereocenters. The number of thiazole rings is 1. The summed E-state index contributed by atoms with van der Waals surface area (Å²) in [4.78, 5) is 29.3. The third kappa shape index (κ3) is 3.15. The molecule has 0 aliphatic carbocycles. The number of ether oxygens (including phenoxy) is 1. The number of para-hydroxylation sites is 1. The van der Waals surface area contributed by atoms with E-state index in [1.165, 1.54) is 18.4 Å². The van der Waals surface area contributed by atoms with Gasteiger partial charge in [0.1, 0.15) is 0 Å². The molecule has 0 fully saturated rings. The van der Waals surface area contributed by atoms with Crippen LogP contribution in [0.3, 0.4) is 0 Å². The number of amides is 1. The lowest BCUT2D eigenvalue weighted by Crippen LogP contribution is -2.12. The number of nitrogens with zero attached hydrogens (tertiary/aromatic N) is 2. The standard InChI is InChI=1S/C18H19N3O3S/c1-10(2)21-9-13(12-7-5-6-8-14(12)21)16(22)20-18-19-15(11(3)25-18)17(23)24-4/h5-10H,1-4H3,(H,19,20,22). The molecular formula is C18H19N3O3S. The zero-order chi connectivity index (χ0) is 18.1. The van der Waals surface area contributed by atoms with Gasteiger partial charge in [-0.2, -0.15) is 0 Å². The average Bonchev–Trinajstić information content (AvgIpc) is 3.15. The number of hydrogen-bond donors (Lipinski definition) is 1. The summed E-state index contributed by atoms with van der Waals surface area (Å²) < 4.78 is 6.76. The number of esters is 1. The lowest BCUT2D eigenvalue weighted by atomic mass is 10.1. The Morgan fingerprint density at radius 2 is 2.00 bits per heavy atom. The predicted molar refractivity (Wildman–Crippen MR) is 98.5 cm³/mol. The van der Waals surface area contributed by atoms with Crippen LogP contribution in [0.25, 0.3) is 10.9 Å². The topological polar surface area (TPSA) is 73.2 Å². The highest BCUT2D eigenvalue weighted by molar-refractivity contribution is 7.16. The van der Waals surface area contributed by atoms with E-state index in [0.717, 1.165) is 10.9 Å². The van der Waals surface area contributed by atoms with Crippen molar-refractivity contribution in [3.63, 3.8) is 0 Å². The van der Waals surface area contributed by atoms with Crippen molar-refractivity contribution in [1.29, 1.82) is 0 Å². The summed E-state index contributed by atoms with van der Waals surface area (Å²) in [6.07, 6.45) is 1.85. The molecule has 3 rings (SSSR count). The highest BCUT2D eigenvalue weighted by Crippen LogP contribution is 2.27. The Morgan fingerprint density at radius 1 is 1.28 bits per heavy atom. The van der Waals surface area contributed by atoms with Crippen molar-refractivity contribution in [1.82, 2.24) is 9.55 Å². The molecule has 2 heterocycles. The lowest BCUT2D eigenvalue weighted by Gasteiger charge is -2.08. The Labute approximate surface area is 149 Å². The Balaban J connectivity index is 1.95. The van der Waals surface area contributed by atoms with Gasteiger partial charge in [-0.25, -0.2) is 9.78 Å². The van der Waals surface area contributed by atoms with Crippen molar-refractivity contribution in [3.8, 4) is 0 Å². The van der Waals surface area contributed by atoms with Gasteiger partial charge in [-0.05, 0) is 26.8 Å². The summed E-state index contributed by atoms with van der Waals surface area (Å²) in [6, 6.07) is 8.02. The zero-order valence-electron chi connectivity index (χ0n) is 14.5. The van der Waals surface area contributed by atoms with E-state index in [4.69, 9.17) is 4.74 Å². The molecule has 6 nitrogen and oxygen atoms in total. The second kappa shape index (κ2) is 6.68.